The zero-order valence-electron chi connectivity index (χ0n) is 19.8. The summed E-state index contributed by atoms with van der Waals surface area (Å²) >= 11 is 0. The molecule has 1 saturated carbocycles. The lowest BCUT2D eigenvalue weighted by Crippen LogP contribution is -2.81. The van der Waals surface area contributed by atoms with Crippen LogP contribution in [0.5, 0.6) is 5.75 Å². The molecule has 1 aromatic carbocycles. The van der Waals surface area contributed by atoms with E-state index in [9.17, 15) is 14.7 Å². The molecule has 1 saturated heterocycles. The van der Waals surface area contributed by atoms with Gasteiger partial charge in [0.05, 0.1) is 20.3 Å². The van der Waals surface area contributed by atoms with E-state index in [4.69, 9.17) is 14.2 Å². The number of benzene rings is 1. The molecule has 0 radical (unpaired) electrons. The van der Waals surface area contributed by atoms with Gasteiger partial charge >= 0.3 is 11.9 Å². The summed E-state index contributed by atoms with van der Waals surface area (Å²) < 4.78 is 16.6. The van der Waals surface area contributed by atoms with E-state index >= 15 is 0 Å². The minimum Gasteiger partial charge on any atom is -0.497 e. The third-order valence-electron chi connectivity index (χ3n) is 8.62. The van der Waals surface area contributed by atoms with Crippen molar-refractivity contribution in [3.63, 3.8) is 0 Å². The molecule has 6 atom stereocenters. The number of carbonyl (C=O) groups is 2. The average molecular weight is 457 g/mol. The largest absolute Gasteiger partial charge is 0.497 e. The van der Waals surface area contributed by atoms with Crippen molar-refractivity contribution >= 4 is 17.6 Å². The molecule has 1 N–H and O–H groups in total. The van der Waals surface area contributed by atoms with Crippen LogP contribution in [-0.2, 0) is 24.5 Å². The van der Waals surface area contributed by atoms with Crippen molar-refractivity contribution in [2.75, 3.05) is 39.3 Å². The maximum Gasteiger partial charge on any atom is 0.344 e. The van der Waals surface area contributed by atoms with Gasteiger partial charge in [0, 0.05) is 49.1 Å². The van der Waals surface area contributed by atoms with Crippen LogP contribution < -0.4 is 9.64 Å². The maximum atomic E-state index is 13.5. The van der Waals surface area contributed by atoms with Crippen molar-refractivity contribution in [2.24, 2.45) is 5.41 Å². The van der Waals surface area contributed by atoms with Crippen molar-refractivity contribution < 1.29 is 28.9 Å². The lowest BCUT2D eigenvalue weighted by molar-refractivity contribution is -0.228. The minimum atomic E-state index is -2.08. The molecule has 1 aromatic rings. The smallest absolute Gasteiger partial charge is 0.344 e. The second-order valence-electron chi connectivity index (χ2n) is 9.76. The molecule has 5 rings (SSSR count). The van der Waals surface area contributed by atoms with E-state index in [1.54, 1.807) is 7.11 Å². The third kappa shape index (κ3) is 2.48. The lowest BCUT2D eigenvalue weighted by Gasteiger charge is -2.63. The Kier molecular flexibility index (Phi) is 4.85. The van der Waals surface area contributed by atoms with Gasteiger partial charge < -0.3 is 24.2 Å². The Morgan fingerprint density at radius 1 is 1.24 bits per heavy atom. The van der Waals surface area contributed by atoms with Gasteiger partial charge in [-0.3, -0.25) is 9.69 Å². The number of methoxy groups -OCH3 is 2. The molecule has 8 nitrogen and oxygen atoms in total. The van der Waals surface area contributed by atoms with Crippen molar-refractivity contribution in [1.29, 1.82) is 0 Å². The van der Waals surface area contributed by atoms with Crippen LogP contribution in [0, 0.1) is 5.41 Å². The first-order valence-corrected chi connectivity index (χ1v) is 11.5. The summed E-state index contributed by atoms with van der Waals surface area (Å²) in [4.78, 5) is 30.2. The first kappa shape index (κ1) is 22.2. The number of aliphatic hydroxyl groups is 1. The van der Waals surface area contributed by atoms with Crippen LogP contribution in [0.2, 0.25) is 0 Å². The van der Waals surface area contributed by atoms with Gasteiger partial charge in [0.15, 0.2) is 6.10 Å². The maximum absolute atomic E-state index is 13.5. The highest BCUT2D eigenvalue weighted by Crippen LogP contribution is 2.67. The summed E-state index contributed by atoms with van der Waals surface area (Å²) in [5.41, 5.74) is -1.41. The first-order valence-electron chi connectivity index (χ1n) is 11.5. The second kappa shape index (κ2) is 7.21. The molecule has 0 bridgehead atoms. The van der Waals surface area contributed by atoms with Crippen LogP contribution in [0.3, 0.4) is 0 Å². The monoisotopic (exact) mass is 456 g/mol. The van der Waals surface area contributed by atoms with Gasteiger partial charge in [-0.05, 0) is 31.0 Å². The van der Waals surface area contributed by atoms with Gasteiger partial charge in [-0.2, -0.15) is 0 Å². The Labute approximate surface area is 194 Å². The number of fused-ring (bicyclic) bond motifs is 1. The van der Waals surface area contributed by atoms with E-state index in [1.807, 2.05) is 31.0 Å². The number of nitrogens with zero attached hydrogens (tertiary/aromatic N) is 2. The topological polar surface area (TPSA) is 88.5 Å². The standard InChI is InChI=1S/C25H32N2O6/c1-6-23-10-7-12-27-13-11-24(19(23)27)17-9-8-16(31-4)14-18(17)26(3)20(24)25(30,22(29)32-5)21(23)33-15(2)28/h7-10,14,19-21,30H,6,11-13H2,1-5H3/t19-,20+,21+,23+,24+,25-/m1/s1. The molecule has 178 valence electrons. The highest BCUT2D eigenvalue weighted by atomic mass is 16.6. The van der Waals surface area contributed by atoms with Crippen molar-refractivity contribution in [3.8, 4) is 5.75 Å². The van der Waals surface area contributed by atoms with Gasteiger partial charge in [-0.25, -0.2) is 4.79 Å². The molecule has 1 spiro atoms. The molecule has 1 aliphatic carbocycles. The molecular formula is C25H32N2O6. The van der Waals surface area contributed by atoms with Crippen LogP contribution >= 0.6 is 0 Å². The van der Waals surface area contributed by atoms with E-state index in [1.165, 1.54) is 14.0 Å². The van der Waals surface area contributed by atoms with Crippen molar-refractivity contribution in [3.05, 3.63) is 35.9 Å². The summed E-state index contributed by atoms with van der Waals surface area (Å²) in [5, 5.41) is 12.5. The van der Waals surface area contributed by atoms with Gasteiger partial charge in [0.2, 0.25) is 5.60 Å². The predicted octanol–water partition coefficient (Wildman–Crippen LogP) is 1.64. The molecule has 3 heterocycles. The first-order chi connectivity index (χ1) is 15.7. The Bertz CT molecular complexity index is 1040. The number of carbonyl (C=O) groups excluding carboxylic acids is 2. The molecular weight excluding hydrogens is 424 g/mol. The quantitative estimate of drug-likeness (QED) is 0.541. The summed E-state index contributed by atoms with van der Waals surface area (Å²) in [6.07, 6.45) is 4.40. The fourth-order valence-corrected chi connectivity index (χ4v) is 7.68. The summed E-state index contributed by atoms with van der Waals surface area (Å²) in [7, 11) is 4.77. The molecule has 0 unspecified atom stereocenters. The molecule has 0 aromatic heterocycles. The molecule has 2 fully saturated rings. The number of anilines is 1. The summed E-state index contributed by atoms with van der Waals surface area (Å²) in [6, 6.07) is 5.22. The predicted molar refractivity (Wildman–Crippen MR) is 121 cm³/mol. The van der Waals surface area contributed by atoms with Crippen LogP contribution in [0.1, 0.15) is 32.3 Å². The van der Waals surface area contributed by atoms with Crippen LogP contribution in [0.15, 0.2) is 30.4 Å². The van der Waals surface area contributed by atoms with Crippen molar-refractivity contribution in [2.45, 2.75) is 55.9 Å². The highest BCUT2D eigenvalue weighted by molar-refractivity contribution is 5.87. The third-order valence-corrected chi connectivity index (χ3v) is 8.62. The van der Waals surface area contributed by atoms with E-state index in [-0.39, 0.29) is 6.04 Å². The Morgan fingerprint density at radius 2 is 2.00 bits per heavy atom. The van der Waals surface area contributed by atoms with E-state index in [2.05, 4.69) is 23.1 Å². The molecule has 0 amide bonds. The van der Waals surface area contributed by atoms with E-state index in [0.717, 1.165) is 30.8 Å². The van der Waals surface area contributed by atoms with Gasteiger partial charge in [0.1, 0.15) is 5.75 Å². The number of hydrogen-bond donors (Lipinski definition) is 1. The second-order valence-corrected chi connectivity index (χ2v) is 9.76. The fraction of sp³-hybridized carbons (Fsp3) is 0.600. The Hall–Kier alpha value is -2.58. The van der Waals surface area contributed by atoms with Gasteiger partial charge in [-0.1, -0.05) is 25.1 Å². The number of rotatable bonds is 4. The number of esters is 2. The number of hydrogen-bond acceptors (Lipinski definition) is 8. The molecule has 3 aliphatic heterocycles. The van der Waals surface area contributed by atoms with E-state index < -0.39 is 40.5 Å². The lowest BCUT2D eigenvalue weighted by atomic mass is 9.47. The van der Waals surface area contributed by atoms with Crippen LogP contribution in [0.4, 0.5) is 5.69 Å². The van der Waals surface area contributed by atoms with Crippen LogP contribution in [-0.4, -0.2) is 80.1 Å². The molecule has 33 heavy (non-hydrogen) atoms. The van der Waals surface area contributed by atoms with E-state index in [0.29, 0.717) is 12.2 Å². The molecule has 4 aliphatic rings. The highest BCUT2D eigenvalue weighted by Gasteiger charge is 2.80. The summed E-state index contributed by atoms with van der Waals surface area (Å²) in [5.74, 6) is -0.617. The normalized spacial score (nSPS) is 38.4. The molecule has 8 heteroatoms. The zero-order valence-corrected chi connectivity index (χ0v) is 19.8. The Balaban J connectivity index is 1.86. The van der Waals surface area contributed by atoms with Crippen LogP contribution in [0.25, 0.3) is 0 Å². The Morgan fingerprint density at radius 3 is 2.64 bits per heavy atom. The van der Waals surface area contributed by atoms with Gasteiger partial charge in [-0.15, -0.1) is 0 Å². The minimum absolute atomic E-state index is 0.0589. The number of ether oxygens (including phenoxy) is 3. The number of likely N-dealkylation sites (N-methyl/N-ethyl adjacent to an activating group) is 1. The SMILES string of the molecule is CC[C@@]12C=CCN3CC[C@]4(c5ccc(OC)cc5N(C)[C@@H]4[C@](O)(C(=O)OC)[C@H]1OC(C)=O)[C@H]32. The fourth-order valence-electron chi connectivity index (χ4n) is 7.68. The average Bonchev–Trinajstić information content (AvgIpc) is 3.32. The summed E-state index contributed by atoms with van der Waals surface area (Å²) in [6.45, 7) is 4.94. The van der Waals surface area contributed by atoms with Crippen molar-refractivity contribution in [1.82, 2.24) is 4.90 Å². The van der Waals surface area contributed by atoms with Gasteiger partial charge in [0.25, 0.3) is 0 Å². The zero-order chi connectivity index (χ0) is 23.8.